The first-order valence-electron chi connectivity index (χ1n) is 9.69. The summed E-state index contributed by atoms with van der Waals surface area (Å²) in [6, 6.07) is 0.774. The molecule has 126 valence electrons. The Hall–Kier alpha value is -0.0400. The third-order valence-corrected chi connectivity index (χ3v) is 5.29. The molecular weight excluding hydrogens is 254 g/mol. The summed E-state index contributed by atoms with van der Waals surface area (Å²) in [6.07, 6.45) is 14.2. The smallest absolute Gasteiger partial charge is 0.00955 e. The lowest BCUT2D eigenvalue weighted by molar-refractivity contribution is 0.192. The fourth-order valence-electron chi connectivity index (χ4n) is 3.79. The van der Waals surface area contributed by atoms with E-state index in [9.17, 15) is 0 Å². The molecule has 1 atom stereocenters. The molecule has 0 bridgehead atoms. The summed E-state index contributed by atoms with van der Waals surface area (Å²) in [5.74, 6) is 1.98. The number of unbranched alkanes of at least 4 members (excludes halogenated alkanes) is 1. The molecule has 1 saturated carbocycles. The van der Waals surface area contributed by atoms with Crippen LogP contribution in [0, 0.1) is 17.3 Å². The Bertz CT molecular complexity index is 245. The zero-order valence-corrected chi connectivity index (χ0v) is 15.5. The summed E-state index contributed by atoms with van der Waals surface area (Å²) in [6.45, 7) is 12.9. The highest BCUT2D eigenvalue weighted by Gasteiger charge is 2.27. The van der Waals surface area contributed by atoms with Crippen LogP contribution in [0.5, 0.6) is 0 Å². The van der Waals surface area contributed by atoms with Gasteiger partial charge in [0.25, 0.3) is 0 Å². The van der Waals surface area contributed by atoms with Crippen molar-refractivity contribution in [1.82, 2.24) is 5.32 Å². The molecule has 1 aliphatic carbocycles. The van der Waals surface area contributed by atoms with Crippen LogP contribution in [0.25, 0.3) is 0 Å². The van der Waals surface area contributed by atoms with Crippen molar-refractivity contribution in [3.05, 3.63) is 0 Å². The van der Waals surface area contributed by atoms with Gasteiger partial charge in [0.1, 0.15) is 0 Å². The van der Waals surface area contributed by atoms with Gasteiger partial charge in [0.2, 0.25) is 0 Å². The molecule has 1 unspecified atom stereocenters. The van der Waals surface area contributed by atoms with Crippen molar-refractivity contribution in [3.63, 3.8) is 0 Å². The molecule has 1 N–H and O–H groups in total. The van der Waals surface area contributed by atoms with E-state index in [4.69, 9.17) is 0 Å². The van der Waals surface area contributed by atoms with Gasteiger partial charge in [0, 0.05) is 6.04 Å². The first-order valence-corrected chi connectivity index (χ1v) is 9.69. The van der Waals surface area contributed by atoms with Crippen LogP contribution in [-0.2, 0) is 0 Å². The van der Waals surface area contributed by atoms with Gasteiger partial charge in [-0.05, 0) is 55.9 Å². The van der Waals surface area contributed by atoms with Crippen LogP contribution < -0.4 is 5.32 Å². The van der Waals surface area contributed by atoms with Crippen molar-refractivity contribution < 1.29 is 0 Å². The molecule has 0 amide bonds. The molecule has 0 aromatic heterocycles. The summed E-state index contributed by atoms with van der Waals surface area (Å²) in [5, 5.41) is 3.87. The SMILES string of the molecule is CCCCC1CCC(C(CCC(C)(C)C)NCCC)CC1. The third-order valence-electron chi connectivity index (χ3n) is 5.29. The minimum absolute atomic E-state index is 0.477. The lowest BCUT2D eigenvalue weighted by Crippen LogP contribution is -2.39. The van der Waals surface area contributed by atoms with Crippen LogP contribution in [0.3, 0.4) is 0 Å². The third kappa shape index (κ3) is 8.24. The van der Waals surface area contributed by atoms with Crippen LogP contribution in [0.4, 0.5) is 0 Å². The highest BCUT2D eigenvalue weighted by molar-refractivity contribution is 4.83. The van der Waals surface area contributed by atoms with E-state index in [1.54, 1.807) is 0 Å². The molecule has 1 aliphatic rings. The number of rotatable bonds is 9. The molecule has 1 nitrogen and oxygen atoms in total. The second-order valence-corrected chi connectivity index (χ2v) is 8.58. The Morgan fingerprint density at radius 3 is 2.19 bits per heavy atom. The molecular formula is C20H41N. The number of nitrogens with one attached hydrogen (secondary N) is 1. The Kier molecular flexibility index (Phi) is 8.94. The van der Waals surface area contributed by atoms with E-state index in [2.05, 4.69) is 39.9 Å². The predicted molar refractivity (Wildman–Crippen MR) is 95.7 cm³/mol. The zero-order valence-electron chi connectivity index (χ0n) is 15.5. The van der Waals surface area contributed by atoms with Gasteiger partial charge in [-0.25, -0.2) is 0 Å². The van der Waals surface area contributed by atoms with Gasteiger partial charge < -0.3 is 5.32 Å². The molecule has 0 aromatic rings. The summed E-state index contributed by atoms with van der Waals surface area (Å²) in [7, 11) is 0. The molecule has 0 spiro atoms. The average molecular weight is 296 g/mol. The van der Waals surface area contributed by atoms with Gasteiger partial charge in [-0.2, -0.15) is 0 Å². The van der Waals surface area contributed by atoms with Crippen molar-refractivity contribution in [2.24, 2.45) is 17.3 Å². The molecule has 0 aromatic carbocycles. The van der Waals surface area contributed by atoms with E-state index >= 15 is 0 Å². The highest BCUT2D eigenvalue weighted by Crippen LogP contribution is 2.35. The molecule has 1 heteroatoms. The van der Waals surface area contributed by atoms with E-state index in [1.165, 1.54) is 70.8 Å². The maximum Gasteiger partial charge on any atom is 0.00955 e. The Morgan fingerprint density at radius 1 is 1.00 bits per heavy atom. The fraction of sp³-hybridized carbons (Fsp3) is 1.00. The van der Waals surface area contributed by atoms with Crippen LogP contribution in [0.15, 0.2) is 0 Å². The summed E-state index contributed by atoms with van der Waals surface area (Å²) in [5.41, 5.74) is 0.477. The standard InChI is InChI=1S/C20H41N/c1-6-8-9-17-10-12-18(13-11-17)19(21-16-7-2)14-15-20(3,4)5/h17-19,21H,6-16H2,1-5H3. The van der Waals surface area contributed by atoms with Crippen LogP contribution >= 0.6 is 0 Å². The van der Waals surface area contributed by atoms with Gasteiger partial charge in [-0.1, -0.05) is 66.7 Å². The monoisotopic (exact) mass is 295 g/mol. The van der Waals surface area contributed by atoms with Crippen LogP contribution in [0.2, 0.25) is 0 Å². The van der Waals surface area contributed by atoms with Crippen molar-refractivity contribution in [3.8, 4) is 0 Å². The molecule has 0 radical (unpaired) electrons. The molecule has 0 heterocycles. The summed E-state index contributed by atoms with van der Waals surface area (Å²) >= 11 is 0. The topological polar surface area (TPSA) is 12.0 Å². The van der Waals surface area contributed by atoms with Gasteiger partial charge >= 0.3 is 0 Å². The van der Waals surface area contributed by atoms with Gasteiger partial charge in [-0.3, -0.25) is 0 Å². The molecule has 21 heavy (non-hydrogen) atoms. The van der Waals surface area contributed by atoms with E-state index in [1.807, 2.05) is 0 Å². The van der Waals surface area contributed by atoms with Gasteiger partial charge in [-0.15, -0.1) is 0 Å². The van der Waals surface area contributed by atoms with E-state index in [0.29, 0.717) is 5.41 Å². The predicted octanol–water partition coefficient (Wildman–Crippen LogP) is 6.18. The first-order chi connectivity index (χ1) is 9.96. The van der Waals surface area contributed by atoms with Crippen LogP contribution in [-0.4, -0.2) is 12.6 Å². The summed E-state index contributed by atoms with van der Waals surface area (Å²) < 4.78 is 0. The normalized spacial score (nSPS) is 25.0. The second-order valence-electron chi connectivity index (χ2n) is 8.58. The minimum Gasteiger partial charge on any atom is -0.314 e. The second kappa shape index (κ2) is 9.87. The maximum absolute atomic E-state index is 3.87. The Morgan fingerprint density at radius 2 is 1.67 bits per heavy atom. The Labute approximate surface area is 134 Å². The van der Waals surface area contributed by atoms with Crippen LogP contribution in [0.1, 0.15) is 98.8 Å². The minimum atomic E-state index is 0.477. The quantitative estimate of drug-likeness (QED) is 0.535. The van der Waals surface area contributed by atoms with Crippen molar-refractivity contribution in [2.45, 2.75) is 105 Å². The molecule has 1 fully saturated rings. The zero-order chi connectivity index (χ0) is 15.7. The Balaban J connectivity index is 2.40. The molecule has 1 rings (SSSR count). The molecule has 0 aliphatic heterocycles. The van der Waals surface area contributed by atoms with Gasteiger partial charge in [0.15, 0.2) is 0 Å². The van der Waals surface area contributed by atoms with E-state index < -0.39 is 0 Å². The summed E-state index contributed by atoms with van der Waals surface area (Å²) in [4.78, 5) is 0. The largest absolute Gasteiger partial charge is 0.314 e. The average Bonchev–Trinajstić information content (AvgIpc) is 2.45. The van der Waals surface area contributed by atoms with E-state index in [0.717, 1.165) is 17.9 Å². The molecule has 0 saturated heterocycles. The van der Waals surface area contributed by atoms with Crippen molar-refractivity contribution in [1.29, 1.82) is 0 Å². The van der Waals surface area contributed by atoms with Crippen molar-refractivity contribution >= 4 is 0 Å². The maximum atomic E-state index is 3.87. The lowest BCUT2D eigenvalue weighted by Gasteiger charge is -2.36. The highest BCUT2D eigenvalue weighted by atomic mass is 14.9. The van der Waals surface area contributed by atoms with Crippen molar-refractivity contribution in [2.75, 3.05) is 6.54 Å². The fourth-order valence-corrected chi connectivity index (χ4v) is 3.79. The van der Waals surface area contributed by atoms with Gasteiger partial charge in [0.05, 0.1) is 0 Å². The number of hydrogen-bond donors (Lipinski definition) is 1. The number of hydrogen-bond acceptors (Lipinski definition) is 1. The first kappa shape index (κ1) is 19.0. The van der Waals surface area contributed by atoms with E-state index in [-0.39, 0.29) is 0 Å². The lowest BCUT2D eigenvalue weighted by atomic mass is 9.75.